The Morgan fingerprint density at radius 1 is 1.65 bits per heavy atom. The number of esters is 1. The molecular weight excluding hydrogens is 258 g/mol. The molecule has 2 unspecified atom stereocenters. The number of nitrogens with zero attached hydrogens (tertiary/aromatic N) is 1. The van der Waals surface area contributed by atoms with Crippen LogP contribution < -0.4 is 11.1 Å². The number of anilines is 2. The molecule has 1 fully saturated rings. The van der Waals surface area contributed by atoms with Crippen LogP contribution in [-0.2, 0) is 9.47 Å². The number of hydrogen-bond donors (Lipinski definition) is 2. The number of nitrogen functional groups attached to an aromatic ring is 1. The van der Waals surface area contributed by atoms with E-state index in [1.165, 1.54) is 6.20 Å². The summed E-state index contributed by atoms with van der Waals surface area (Å²) in [5.74, 6) is 0.220. The number of nitrogens with one attached hydrogen (secondary N) is 1. The van der Waals surface area contributed by atoms with Crippen LogP contribution in [0.2, 0.25) is 0 Å². The van der Waals surface area contributed by atoms with Gasteiger partial charge >= 0.3 is 5.97 Å². The van der Waals surface area contributed by atoms with Crippen LogP contribution in [0.5, 0.6) is 0 Å². The first-order valence-corrected chi connectivity index (χ1v) is 6.91. The Balaban J connectivity index is 2.08. The predicted octanol–water partition coefficient (Wildman–Crippen LogP) is 1.82. The summed E-state index contributed by atoms with van der Waals surface area (Å²) in [4.78, 5) is 16.0. The van der Waals surface area contributed by atoms with Gasteiger partial charge in [-0.05, 0) is 32.8 Å². The smallest absolute Gasteiger partial charge is 0.340 e. The zero-order valence-corrected chi connectivity index (χ0v) is 11.9. The Morgan fingerprint density at radius 3 is 3.15 bits per heavy atom. The largest absolute Gasteiger partial charge is 0.462 e. The van der Waals surface area contributed by atoms with Crippen LogP contribution >= 0.6 is 0 Å². The van der Waals surface area contributed by atoms with Gasteiger partial charge in [-0.25, -0.2) is 9.78 Å². The highest BCUT2D eigenvalue weighted by Crippen LogP contribution is 2.20. The van der Waals surface area contributed by atoms with Crippen molar-refractivity contribution >= 4 is 17.5 Å². The lowest BCUT2D eigenvalue weighted by Gasteiger charge is -2.28. The molecule has 0 amide bonds. The number of aromatic nitrogens is 1. The summed E-state index contributed by atoms with van der Waals surface area (Å²) >= 11 is 0. The third-order valence-corrected chi connectivity index (χ3v) is 3.27. The second kappa shape index (κ2) is 6.56. The number of carbonyl (C=O) groups excluding carboxylic acids is 1. The van der Waals surface area contributed by atoms with Crippen LogP contribution in [0, 0.1) is 0 Å². The van der Waals surface area contributed by atoms with Gasteiger partial charge in [0.1, 0.15) is 5.82 Å². The van der Waals surface area contributed by atoms with Crippen LogP contribution in [0.3, 0.4) is 0 Å². The summed E-state index contributed by atoms with van der Waals surface area (Å²) in [5.41, 5.74) is 6.44. The van der Waals surface area contributed by atoms with Crippen LogP contribution in [0.25, 0.3) is 0 Å². The van der Waals surface area contributed by atoms with Gasteiger partial charge in [-0.3, -0.25) is 0 Å². The average molecular weight is 279 g/mol. The molecule has 0 aromatic carbocycles. The van der Waals surface area contributed by atoms with E-state index in [1.807, 2.05) is 6.92 Å². The van der Waals surface area contributed by atoms with E-state index in [0.29, 0.717) is 29.7 Å². The quantitative estimate of drug-likeness (QED) is 0.818. The minimum Gasteiger partial charge on any atom is -0.462 e. The average Bonchev–Trinajstić information content (AvgIpc) is 2.41. The molecule has 1 saturated heterocycles. The Kier molecular flexibility index (Phi) is 4.79. The molecule has 110 valence electrons. The summed E-state index contributed by atoms with van der Waals surface area (Å²) in [7, 11) is 0. The lowest BCUT2D eigenvalue weighted by Crippen LogP contribution is -2.32. The van der Waals surface area contributed by atoms with Crippen molar-refractivity contribution in [3.8, 4) is 0 Å². The van der Waals surface area contributed by atoms with E-state index in [9.17, 15) is 4.79 Å². The number of ether oxygens (including phenoxy) is 2. The SMILES string of the molecule is CCOC(=O)c1cc(NC2CCOC(C)C2)ncc1N. The molecular formula is C14H21N3O3. The van der Waals surface area contributed by atoms with Crippen molar-refractivity contribution in [2.24, 2.45) is 0 Å². The van der Waals surface area contributed by atoms with Crippen molar-refractivity contribution < 1.29 is 14.3 Å². The first-order valence-electron chi connectivity index (χ1n) is 6.91. The van der Waals surface area contributed by atoms with E-state index in [4.69, 9.17) is 15.2 Å². The molecule has 1 aliphatic heterocycles. The van der Waals surface area contributed by atoms with Crippen molar-refractivity contribution in [3.63, 3.8) is 0 Å². The summed E-state index contributed by atoms with van der Waals surface area (Å²) in [6, 6.07) is 1.94. The van der Waals surface area contributed by atoms with Gasteiger partial charge in [0, 0.05) is 12.6 Å². The fourth-order valence-corrected chi connectivity index (χ4v) is 2.27. The van der Waals surface area contributed by atoms with Crippen LogP contribution in [-0.4, -0.2) is 36.3 Å². The zero-order chi connectivity index (χ0) is 14.5. The summed E-state index contributed by atoms with van der Waals surface area (Å²) in [6.07, 6.45) is 3.56. The second-order valence-corrected chi connectivity index (χ2v) is 4.92. The van der Waals surface area contributed by atoms with E-state index in [0.717, 1.165) is 19.4 Å². The molecule has 2 rings (SSSR count). The van der Waals surface area contributed by atoms with Gasteiger partial charge in [0.2, 0.25) is 0 Å². The normalized spacial score (nSPS) is 22.3. The third-order valence-electron chi connectivity index (χ3n) is 3.27. The topological polar surface area (TPSA) is 86.5 Å². The number of nitrogens with two attached hydrogens (primary N) is 1. The zero-order valence-electron chi connectivity index (χ0n) is 11.9. The highest BCUT2D eigenvalue weighted by atomic mass is 16.5. The van der Waals surface area contributed by atoms with Crippen molar-refractivity contribution in [3.05, 3.63) is 17.8 Å². The Bertz CT molecular complexity index is 479. The molecule has 1 aromatic heterocycles. The minimum absolute atomic E-state index is 0.236. The van der Waals surface area contributed by atoms with E-state index < -0.39 is 5.97 Å². The highest BCUT2D eigenvalue weighted by molar-refractivity contribution is 5.95. The minimum atomic E-state index is -0.421. The molecule has 1 aliphatic rings. The van der Waals surface area contributed by atoms with Gasteiger partial charge in [0.15, 0.2) is 0 Å². The van der Waals surface area contributed by atoms with Gasteiger partial charge in [0.25, 0.3) is 0 Å². The van der Waals surface area contributed by atoms with Crippen LogP contribution in [0.4, 0.5) is 11.5 Å². The first-order chi connectivity index (χ1) is 9.60. The van der Waals surface area contributed by atoms with E-state index in [1.54, 1.807) is 13.0 Å². The van der Waals surface area contributed by atoms with Gasteiger partial charge in [0.05, 0.1) is 30.2 Å². The maximum absolute atomic E-state index is 11.8. The summed E-state index contributed by atoms with van der Waals surface area (Å²) in [6.45, 7) is 4.87. The lowest BCUT2D eigenvalue weighted by molar-refractivity contribution is 0.0231. The number of carbonyl (C=O) groups is 1. The molecule has 3 N–H and O–H groups in total. The summed E-state index contributed by atoms with van der Waals surface area (Å²) < 4.78 is 10.5. The molecule has 0 spiro atoms. The van der Waals surface area contributed by atoms with E-state index in [-0.39, 0.29) is 6.10 Å². The van der Waals surface area contributed by atoms with E-state index in [2.05, 4.69) is 10.3 Å². The second-order valence-electron chi connectivity index (χ2n) is 4.92. The van der Waals surface area contributed by atoms with Crippen molar-refractivity contribution in [2.75, 3.05) is 24.3 Å². The Hall–Kier alpha value is -1.82. The fraction of sp³-hybridized carbons (Fsp3) is 0.571. The van der Waals surface area contributed by atoms with E-state index >= 15 is 0 Å². The lowest BCUT2D eigenvalue weighted by atomic mass is 10.0. The number of hydrogen-bond acceptors (Lipinski definition) is 6. The first kappa shape index (κ1) is 14.6. The van der Waals surface area contributed by atoms with Gasteiger partial charge in [-0.2, -0.15) is 0 Å². The molecule has 0 radical (unpaired) electrons. The molecule has 20 heavy (non-hydrogen) atoms. The third kappa shape index (κ3) is 3.60. The Morgan fingerprint density at radius 2 is 2.45 bits per heavy atom. The molecule has 2 atom stereocenters. The summed E-state index contributed by atoms with van der Waals surface area (Å²) in [5, 5.41) is 3.32. The predicted molar refractivity (Wildman–Crippen MR) is 76.7 cm³/mol. The molecule has 6 heteroatoms. The van der Waals surface area contributed by atoms with Crippen molar-refractivity contribution in [2.45, 2.75) is 38.8 Å². The molecule has 1 aromatic rings. The molecule has 6 nitrogen and oxygen atoms in total. The van der Waals surface area contributed by atoms with Gasteiger partial charge < -0.3 is 20.5 Å². The van der Waals surface area contributed by atoms with Crippen molar-refractivity contribution in [1.29, 1.82) is 0 Å². The maximum atomic E-state index is 11.8. The van der Waals surface area contributed by atoms with Gasteiger partial charge in [-0.15, -0.1) is 0 Å². The molecule has 2 heterocycles. The van der Waals surface area contributed by atoms with Gasteiger partial charge in [-0.1, -0.05) is 0 Å². The Labute approximate surface area is 118 Å². The van der Waals surface area contributed by atoms with Crippen molar-refractivity contribution in [1.82, 2.24) is 4.98 Å². The maximum Gasteiger partial charge on any atom is 0.340 e. The van der Waals surface area contributed by atoms with Crippen LogP contribution in [0.15, 0.2) is 12.3 Å². The standard InChI is InChI=1S/C14H21N3O3/c1-3-19-14(18)11-7-13(16-8-12(11)15)17-10-4-5-20-9(2)6-10/h7-10H,3-6,15H2,1-2H3,(H,16,17). The molecule has 0 bridgehead atoms. The molecule has 0 saturated carbocycles. The number of rotatable bonds is 4. The molecule has 0 aliphatic carbocycles. The monoisotopic (exact) mass is 279 g/mol. The van der Waals surface area contributed by atoms with Crippen LogP contribution in [0.1, 0.15) is 37.0 Å². The fourth-order valence-electron chi connectivity index (χ4n) is 2.27. The highest BCUT2D eigenvalue weighted by Gasteiger charge is 2.20. The number of pyridine rings is 1.